The number of nitrogens with zero attached hydrogens (tertiary/aromatic N) is 2. The zero-order valence-electron chi connectivity index (χ0n) is 15.3. The van der Waals surface area contributed by atoms with Crippen molar-refractivity contribution in [1.82, 2.24) is 9.78 Å². The van der Waals surface area contributed by atoms with Crippen molar-refractivity contribution < 1.29 is 12.8 Å². The van der Waals surface area contributed by atoms with Crippen molar-refractivity contribution in [3.63, 3.8) is 0 Å². The van der Waals surface area contributed by atoms with Crippen molar-refractivity contribution in [1.29, 1.82) is 0 Å². The highest BCUT2D eigenvalue weighted by Crippen LogP contribution is 2.17. The summed E-state index contributed by atoms with van der Waals surface area (Å²) in [5, 5.41) is 4.17. The molecule has 27 heavy (non-hydrogen) atoms. The van der Waals surface area contributed by atoms with E-state index >= 15 is 0 Å². The molecule has 1 heterocycles. The predicted molar refractivity (Wildman–Crippen MR) is 104 cm³/mol. The molecular weight excluding hydrogens is 365 g/mol. The second-order valence-electron chi connectivity index (χ2n) is 6.84. The van der Waals surface area contributed by atoms with Gasteiger partial charge in [-0.3, -0.25) is 9.40 Å². The maximum Gasteiger partial charge on any atom is 0.263 e. The van der Waals surface area contributed by atoms with E-state index < -0.39 is 10.0 Å². The van der Waals surface area contributed by atoms with Crippen LogP contribution in [0.3, 0.4) is 0 Å². The number of sulfonamides is 1. The zero-order chi connectivity index (χ0) is 19.4. The van der Waals surface area contributed by atoms with Gasteiger partial charge < -0.3 is 0 Å². The molecule has 1 N–H and O–H groups in total. The topological polar surface area (TPSA) is 64.0 Å². The lowest BCUT2D eigenvalue weighted by molar-refractivity contribution is 0.585. The Morgan fingerprint density at radius 3 is 2.44 bits per heavy atom. The summed E-state index contributed by atoms with van der Waals surface area (Å²) >= 11 is 0. The Balaban J connectivity index is 1.71. The van der Waals surface area contributed by atoms with E-state index in [0.29, 0.717) is 11.5 Å². The van der Waals surface area contributed by atoms with E-state index in [0.717, 1.165) is 12.0 Å². The van der Waals surface area contributed by atoms with Crippen LogP contribution < -0.4 is 4.72 Å². The smallest absolute Gasteiger partial charge is 0.263 e. The van der Waals surface area contributed by atoms with Crippen LogP contribution >= 0.6 is 0 Å². The Labute approximate surface area is 158 Å². The molecule has 0 saturated carbocycles. The van der Waals surface area contributed by atoms with E-state index in [1.54, 1.807) is 42.6 Å². The van der Waals surface area contributed by atoms with Gasteiger partial charge in [0.1, 0.15) is 5.82 Å². The van der Waals surface area contributed by atoms with Gasteiger partial charge in [0.25, 0.3) is 10.0 Å². The highest BCUT2D eigenvalue weighted by atomic mass is 32.2. The monoisotopic (exact) mass is 387 g/mol. The van der Waals surface area contributed by atoms with Gasteiger partial charge in [-0.15, -0.1) is 0 Å². The Bertz CT molecular complexity index is 1010. The van der Waals surface area contributed by atoms with Crippen molar-refractivity contribution in [2.45, 2.75) is 31.7 Å². The Morgan fingerprint density at radius 2 is 1.78 bits per heavy atom. The molecular formula is C20H22FN3O2S. The summed E-state index contributed by atoms with van der Waals surface area (Å²) in [6, 6.07) is 14.8. The number of halogens is 1. The van der Waals surface area contributed by atoms with E-state index in [1.807, 2.05) is 12.1 Å². The van der Waals surface area contributed by atoms with Crippen LogP contribution in [0.25, 0.3) is 0 Å². The van der Waals surface area contributed by atoms with Gasteiger partial charge in [-0.05, 0) is 36.1 Å². The summed E-state index contributed by atoms with van der Waals surface area (Å²) in [7, 11) is -3.73. The van der Waals surface area contributed by atoms with Gasteiger partial charge in [0, 0.05) is 17.8 Å². The SMILES string of the molecule is CC(C)Cc1ccc(S(=O)(=O)Nc2ccn(Cc3ccccc3F)n2)cc1. The molecule has 2 aromatic carbocycles. The van der Waals surface area contributed by atoms with Gasteiger partial charge in [0.2, 0.25) is 0 Å². The first-order valence-corrected chi connectivity index (χ1v) is 10.2. The minimum atomic E-state index is -3.73. The molecule has 0 saturated heterocycles. The second kappa shape index (κ2) is 7.92. The molecule has 1 aromatic heterocycles. The quantitative estimate of drug-likeness (QED) is 0.665. The van der Waals surface area contributed by atoms with Crippen molar-refractivity contribution >= 4 is 15.8 Å². The largest absolute Gasteiger partial charge is 0.266 e. The lowest BCUT2D eigenvalue weighted by atomic mass is 10.0. The molecule has 142 valence electrons. The average Bonchev–Trinajstić information content (AvgIpc) is 3.03. The molecule has 0 spiro atoms. The second-order valence-corrected chi connectivity index (χ2v) is 8.52. The third-order valence-corrected chi connectivity index (χ3v) is 5.42. The number of benzene rings is 2. The highest BCUT2D eigenvalue weighted by molar-refractivity contribution is 7.92. The summed E-state index contributed by atoms with van der Waals surface area (Å²) in [6.07, 6.45) is 2.50. The normalized spacial score (nSPS) is 11.7. The molecule has 0 unspecified atom stereocenters. The van der Waals surface area contributed by atoms with E-state index in [4.69, 9.17) is 0 Å². The summed E-state index contributed by atoms with van der Waals surface area (Å²) in [6.45, 7) is 4.45. The van der Waals surface area contributed by atoms with Crippen molar-refractivity contribution in [3.05, 3.63) is 77.7 Å². The lowest BCUT2D eigenvalue weighted by Gasteiger charge is -2.08. The van der Waals surface area contributed by atoms with Crippen LogP contribution in [-0.2, 0) is 23.0 Å². The molecule has 0 aliphatic heterocycles. The Kier molecular flexibility index (Phi) is 5.60. The van der Waals surface area contributed by atoms with Crippen LogP contribution in [0.2, 0.25) is 0 Å². The molecule has 0 radical (unpaired) electrons. The standard InChI is InChI=1S/C20H22FN3O2S/c1-15(2)13-16-7-9-18(10-8-16)27(25,26)23-20-11-12-24(22-20)14-17-5-3-4-6-19(17)21/h3-12,15H,13-14H2,1-2H3,(H,22,23). The van der Waals surface area contributed by atoms with Gasteiger partial charge in [-0.1, -0.05) is 44.2 Å². The third kappa shape index (κ3) is 4.95. The van der Waals surface area contributed by atoms with Crippen molar-refractivity contribution in [2.24, 2.45) is 5.92 Å². The van der Waals surface area contributed by atoms with E-state index in [9.17, 15) is 12.8 Å². The fourth-order valence-corrected chi connectivity index (χ4v) is 3.77. The molecule has 5 nitrogen and oxygen atoms in total. The minimum Gasteiger partial charge on any atom is -0.266 e. The number of hydrogen-bond donors (Lipinski definition) is 1. The maximum atomic E-state index is 13.7. The lowest BCUT2D eigenvalue weighted by Crippen LogP contribution is -2.14. The fraction of sp³-hybridized carbons (Fsp3) is 0.250. The molecule has 0 bridgehead atoms. The maximum absolute atomic E-state index is 13.7. The minimum absolute atomic E-state index is 0.179. The number of aromatic nitrogens is 2. The molecule has 3 aromatic rings. The molecule has 0 atom stereocenters. The molecule has 3 rings (SSSR count). The van der Waals surface area contributed by atoms with Crippen LogP contribution in [-0.4, -0.2) is 18.2 Å². The van der Waals surface area contributed by atoms with Gasteiger partial charge in [0.05, 0.1) is 11.4 Å². The van der Waals surface area contributed by atoms with E-state index in [-0.39, 0.29) is 23.1 Å². The molecule has 0 aliphatic rings. The van der Waals surface area contributed by atoms with E-state index in [1.165, 1.54) is 10.7 Å². The molecule has 7 heteroatoms. The molecule has 0 fully saturated rings. The third-order valence-electron chi connectivity index (χ3n) is 4.05. The predicted octanol–water partition coefficient (Wildman–Crippen LogP) is 4.07. The zero-order valence-corrected chi connectivity index (χ0v) is 16.1. The Morgan fingerprint density at radius 1 is 1.07 bits per heavy atom. The number of nitrogens with one attached hydrogen (secondary N) is 1. The Hall–Kier alpha value is -2.67. The summed E-state index contributed by atoms with van der Waals surface area (Å²) in [5.74, 6) is 0.373. The van der Waals surface area contributed by atoms with Gasteiger partial charge in [-0.25, -0.2) is 12.8 Å². The molecule has 0 aliphatic carbocycles. The van der Waals surface area contributed by atoms with Crippen LogP contribution in [0.15, 0.2) is 65.7 Å². The summed E-state index contributed by atoms with van der Waals surface area (Å²) < 4.78 is 42.8. The first-order chi connectivity index (χ1) is 12.8. The van der Waals surface area contributed by atoms with Crippen LogP contribution in [0.1, 0.15) is 25.0 Å². The van der Waals surface area contributed by atoms with Crippen LogP contribution in [0.4, 0.5) is 10.2 Å². The fourth-order valence-electron chi connectivity index (χ4n) is 2.78. The first kappa shape index (κ1) is 19.1. The first-order valence-electron chi connectivity index (χ1n) is 8.72. The summed E-state index contributed by atoms with van der Waals surface area (Å²) in [5.41, 5.74) is 1.58. The van der Waals surface area contributed by atoms with Crippen LogP contribution in [0.5, 0.6) is 0 Å². The highest BCUT2D eigenvalue weighted by Gasteiger charge is 2.16. The number of rotatable bonds is 7. The number of anilines is 1. The van der Waals surface area contributed by atoms with Crippen molar-refractivity contribution in [2.75, 3.05) is 4.72 Å². The molecule has 0 amide bonds. The van der Waals surface area contributed by atoms with E-state index in [2.05, 4.69) is 23.7 Å². The number of hydrogen-bond acceptors (Lipinski definition) is 3. The van der Waals surface area contributed by atoms with Gasteiger partial charge in [0.15, 0.2) is 5.82 Å². The van der Waals surface area contributed by atoms with Gasteiger partial charge >= 0.3 is 0 Å². The van der Waals surface area contributed by atoms with Crippen molar-refractivity contribution in [3.8, 4) is 0 Å². The average molecular weight is 387 g/mol. The summed E-state index contributed by atoms with van der Waals surface area (Å²) in [4.78, 5) is 0.179. The van der Waals surface area contributed by atoms with Crippen LogP contribution in [0, 0.1) is 11.7 Å². The van der Waals surface area contributed by atoms with Gasteiger partial charge in [-0.2, -0.15) is 5.10 Å².